The Kier molecular flexibility index (Phi) is 2.77. The fourth-order valence-electron chi connectivity index (χ4n) is 3.18. The van der Waals surface area contributed by atoms with Crippen LogP contribution in [-0.4, -0.2) is 19.6 Å². The van der Waals surface area contributed by atoms with Crippen molar-refractivity contribution < 1.29 is 0 Å². The lowest BCUT2D eigenvalue weighted by Gasteiger charge is -2.17. The minimum atomic E-state index is 0.792. The van der Waals surface area contributed by atoms with Gasteiger partial charge in [0.25, 0.3) is 0 Å². The number of hydrogen-bond acceptors (Lipinski definition) is 4. The molecule has 3 heterocycles. The van der Waals surface area contributed by atoms with E-state index in [1.807, 2.05) is 17.7 Å². The van der Waals surface area contributed by atoms with Crippen LogP contribution in [0.25, 0.3) is 15.9 Å². The predicted octanol–water partition coefficient (Wildman–Crippen LogP) is 3.42. The Hall–Kier alpha value is -1.49. The first-order valence-electron chi connectivity index (χ1n) is 7.40. The molecule has 3 aromatic heterocycles. The Morgan fingerprint density at radius 1 is 1.40 bits per heavy atom. The van der Waals surface area contributed by atoms with Gasteiger partial charge in [0, 0.05) is 11.3 Å². The Labute approximate surface area is 121 Å². The summed E-state index contributed by atoms with van der Waals surface area (Å²) < 4.78 is 2.08. The SMILES string of the molecule is CCCc1nnc2c3c4c(sc3ncn12)CC(C)CC4. The predicted molar refractivity (Wildman–Crippen MR) is 81.3 cm³/mol. The zero-order valence-electron chi connectivity index (χ0n) is 11.9. The van der Waals surface area contributed by atoms with Gasteiger partial charge in [-0.15, -0.1) is 21.5 Å². The smallest absolute Gasteiger partial charge is 0.172 e. The summed E-state index contributed by atoms with van der Waals surface area (Å²) in [4.78, 5) is 7.30. The molecule has 0 fully saturated rings. The lowest BCUT2D eigenvalue weighted by Crippen LogP contribution is -2.08. The van der Waals surface area contributed by atoms with Gasteiger partial charge in [-0.05, 0) is 37.2 Å². The van der Waals surface area contributed by atoms with E-state index in [-0.39, 0.29) is 0 Å². The van der Waals surface area contributed by atoms with Crippen LogP contribution in [0.2, 0.25) is 0 Å². The van der Waals surface area contributed by atoms with E-state index in [0.717, 1.165) is 41.5 Å². The molecular weight excluding hydrogens is 268 g/mol. The normalized spacial score (nSPS) is 18.8. The summed E-state index contributed by atoms with van der Waals surface area (Å²) in [7, 11) is 0. The van der Waals surface area contributed by atoms with Crippen LogP contribution in [0.15, 0.2) is 6.33 Å². The Balaban J connectivity index is 1.99. The number of fused-ring (bicyclic) bond motifs is 5. The van der Waals surface area contributed by atoms with Crippen LogP contribution in [0, 0.1) is 5.92 Å². The molecule has 4 nitrogen and oxygen atoms in total. The van der Waals surface area contributed by atoms with Crippen molar-refractivity contribution in [1.29, 1.82) is 0 Å². The molecule has 1 atom stereocenters. The van der Waals surface area contributed by atoms with Crippen molar-refractivity contribution in [2.24, 2.45) is 5.92 Å². The highest BCUT2D eigenvalue weighted by Gasteiger charge is 2.23. The monoisotopic (exact) mass is 286 g/mol. The molecule has 5 heteroatoms. The minimum Gasteiger partial charge on any atom is -0.269 e. The number of aromatic nitrogens is 4. The molecule has 1 aliphatic rings. The third-order valence-electron chi connectivity index (χ3n) is 4.25. The Morgan fingerprint density at radius 2 is 2.30 bits per heavy atom. The van der Waals surface area contributed by atoms with E-state index in [1.54, 1.807) is 0 Å². The highest BCUT2D eigenvalue weighted by atomic mass is 32.1. The lowest BCUT2D eigenvalue weighted by atomic mass is 9.89. The fraction of sp³-hybridized carbons (Fsp3) is 0.533. The van der Waals surface area contributed by atoms with E-state index < -0.39 is 0 Å². The zero-order chi connectivity index (χ0) is 13.7. The molecule has 0 N–H and O–H groups in total. The molecule has 1 unspecified atom stereocenters. The van der Waals surface area contributed by atoms with Gasteiger partial charge in [-0.2, -0.15) is 0 Å². The lowest BCUT2D eigenvalue weighted by molar-refractivity contribution is 0.509. The van der Waals surface area contributed by atoms with Crippen LogP contribution in [0.4, 0.5) is 0 Å². The molecule has 0 amide bonds. The highest BCUT2D eigenvalue weighted by Crippen LogP contribution is 2.38. The summed E-state index contributed by atoms with van der Waals surface area (Å²) in [6, 6.07) is 0. The molecule has 3 aromatic rings. The van der Waals surface area contributed by atoms with E-state index in [0.29, 0.717) is 0 Å². The maximum Gasteiger partial charge on any atom is 0.172 e. The Bertz CT molecular complexity index is 786. The third-order valence-corrected chi connectivity index (χ3v) is 5.41. The van der Waals surface area contributed by atoms with Gasteiger partial charge in [-0.3, -0.25) is 4.40 Å². The van der Waals surface area contributed by atoms with Crippen LogP contribution in [0.5, 0.6) is 0 Å². The molecule has 0 spiro atoms. The standard InChI is InChI=1S/C15H18N4S/c1-3-4-12-17-18-14-13-10-6-5-9(2)7-11(10)20-15(13)16-8-19(12)14/h8-9H,3-7H2,1-2H3. The first kappa shape index (κ1) is 12.3. The van der Waals surface area contributed by atoms with Crippen molar-refractivity contribution in [3.63, 3.8) is 0 Å². The molecule has 20 heavy (non-hydrogen) atoms. The summed E-state index contributed by atoms with van der Waals surface area (Å²) in [5.74, 6) is 1.82. The van der Waals surface area contributed by atoms with Crippen molar-refractivity contribution >= 4 is 27.2 Å². The summed E-state index contributed by atoms with van der Waals surface area (Å²) in [6.07, 6.45) is 7.56. The summed E-state index contributed by atoms with van der Waals surface area (Å²) in [5, 5.41) is 10.1. The van der Waals surface area contributed by atoms with Crippen molar-refractivity contribution in [3.05, 3.63) is 22.6 Å². The quantitative estimate of drug-likeness (QED) is 0.725. The number of thiophene rings is 1. The summed E-state index contributed by atoms with van der Waals surface area (Å²) in [5.41, 5.74) is 2.49. The molecule has 1 aliphatic carbocycles. The van der Waals surface area contributed by atoms with Crippen molar-refractivity contribution in [3.8, 4) is 0 Å². The highest BCUT2D eigenvalue weighted by molar-refractivity contribution is 7.19. The maximum absolute atomic E-state index is 4.66. The van der Waals surface area contributed by atoms with Gasteiger partial charge in [-0.25, -0.2) is 4.98 Å². The van der Waals surface area contributed by atoms with Crippen LogP contribution < -0.4 is 0 Å². The van der Waals surface area contributed by atoms with E-state index in [9.17, 15) is 0 Å². The van der Waals surface area contributed by atoms with Gasteiger partial charge in [-0.1, -0.05) is 13.8 Å². The topological polar surface area (TPSA) is 43.1 Å². The average molecular weight is 286 g/mol. The van der Waals surface area contributed by atoms with Crippen LogP contribution in [0.3, 0.4) is 0 Å². The Morgan fingerprint density at radius 3 is 3.15 bits per heavy atom. The van der Waals surface area contributed by atoms with Gasteiger partial charge in [0.1, 0.15) is 17.0 Å². The first-order chi connectivity index (χ1) is 9.78. The van der Waals surface area contributed by atoms with E-state index >= 15 is 0 Å². The van der Waals surface area contributed by atoms with Gasteiger partial charge < -0.3 is 0 Å². The second-order valence-corrected chi connectivity index (χ2v) is 6.92. The van der Waals surface area contributed by atoms with Gasteiger partial charge >= 0.3 is 0 Å². The maximum atomic E-state index is 4.66. The third kappa shape index (κ3) is 1.69. The molecule has 0 aliphatic heterocycles. The van der Waals surface area contributed by atoms with E-state index in [2.05, 4.69) is 33.4 Å². The van der Waals surface area contributed by atoms with Crippen molar-refractivity contribution in [2.75, 3.05) is 0 Å². The van der Waals surface area contributed by atoms with Crippen molar-refractivity contribution in [1.82, 2.24) is 19.6 Å². The molecule has 0 bridgehead atoms. The van der Waals surface area contributed by atoms with Crippen LogP contribution in [0.1, 0.15) is 43.0 Å². The second kappa shape index (κ2) is 4.52. The molecule has 4 rings (SSSR count). The molecule has 0 radical (unpaired) electrons. The molecule has 0 saturated carbocycles. The molecule has 0 saturated heterocycles. The fourth-order valence-corrected chi connectivity index (χ4v) is 4.52. The van der Waals surface area contributed by atoms with Crippen molar-refractivity contribution in [2.45, 2.75) is 46.0 Å². The van der Waals surface area contributed by atoms with Crippen LogP contribution in [-0.2, 0) is 19.3 Å². The average Bonchev–Trinajstić information content (AvgIpc) is 2.99. The number of hydrogen-bond donors (Lipinski definition) is 0. The zero-order valence-corrected chi connectivity index (χ0v) is 12.7. The number of rotatable bonds is 2. The second-order valence-electron chi connectivity index (χ2n) is 5.84. The molecule has 0 aromatic carbocycles. The van der Waals surface area contributed by atoms with E-state index in [1.165, 1.54) is 28.7 Å². The number of aryl methyl sites for hydroxylation is 2. The number of nitrogens with zero attached hydrogens (tertiary/aromatic N) is 4. The van der Waals surface area contributed by atoms with E-state index in [4.69, 9.17) is 0 Å². The largest absolute Gasteiger partial charge is 0.269 e. The first-order valence-corrected chi connectivity index (χ1v) is 8.22. The van der Waals surface area contributed by atoms with Gasteiger partial charge in [0.2, 0.25) is 0 Å². The molecular formula is C15H18N4S. The van der Waals surface area contributed by atoms with Crippen LogP contribution >= 0.6 is 11.3 Å². The van der Waals surface area contributed by atoms with Gasteiger partial charge in [0.15, 0.2) is 5.65 Å². The minimum absolute atomic E-state index is 0.792. The van der Waals surface area contributed by atoms with Gasteiger partial charge in [0.05, 0.1) is 5.39 Å². The summed E-state index contributed by atoms with van der Waals surface area (Å²) >= 11 is 1.85. The summed E-state index contributed by atoms with van der Waals surface area (Å²) in [6.45, 7) is 4.51. The molecule has 104 valence electrons.